The topological polar surface area (TPSA) is 103 Å². The molecule has 30 heavy (non-hydrogen) atoms. The van der Waals surface area contributed by atoms with Crippen molar-refractivity contribution in [2.75, 3.05) is 13.7 Å². The Hall–Kier alpha value is -2.62. The molecule has 0 fully saturated rings. The van der Waals surface area contributed by atoms with Crippen molar-refractivity contribution in [1.29, 1.82) is 0 Å². The van der Waals surface area contributed by atoms with Crippen LogP contribution in [0.2, 0.25) is 0 Å². The van der Waals surface area contributed by atoms with Crippen LogP contribution >= 0.6 is 0 Å². The lowest BCUT2D eigenvalue weighted by Gasteiger charge is -2.17. The van der Waals surface area contributed by atoms with Crippen molar-refractivity contribution in [2.24, 2.45) is 0 Å². The molecule has 1 heterocycles. The number of rotatable bonds is 8. The zero-order valence-corrected chi connectivity index (χ0v) is 18.5. The van der Waals surface area contributed by atoms with Gasteiger partial charge in [0, 0.05) is 6.54 Å². The molecular weight excluding hydrogens is 426 g/mol. The number of hydrogen-bond donors (Lipinski definition) is 1. The zero-order valence-electron chi connectivity index (χ0n) is 16.8. The summed E-state index contributed by atoms with van der Waals surface area (Å²) < 4.78 is 64.9. The summed E-state index contributed by atoms with van der Waals surface area (Å²) in [5.41, 5.74) is 1.56. The van der Waals surface area contributed by atoms with Gasteiger partial charge in [0.25, 0.3) is 0 Å². The van der Waals surface area contributed by atoms with Gasteiger partial charge in [0.05, 0.1) is 23.2 Å². The Morgan fingerprint density at radius 2 is 1.63 bits per heavy atom. The van der Waals surface area contributed by atoms with Crippen molar-refractivity contribution in [3.63, 3.8) is 0 Å². The molecule has 0 bridgehead atoms. The molecule has 0 saturated carbocycles. The number of ether oxygens (including phenoxy) is 1. The van der Waals surface area contributed by atoms with E-state index in [1.165, 1.54) is 43.7 Å². The van der Waals surface area contributed by atoms with E-state index < -0.39 is 25.1 Å². The van der Waals surface area contributed by atoms with Crippen LogP contribution < -0.4 is 9.46 Å². The Morgan fingerprint density at radius 1 is 0.967 bits per heavy atom. The average molecular weight is 450 g/mol. The third kappa shape index (κ3) is 4.58. The lowest BCUT2D eigenvalue weighted by Crippen LogP contribution is -2.32. The minimum absolute atomic E-state index is 0.0201. The van der Waals surface area contributed by atoms with Gasteiger partial charge in [0.2, 0.25) is 10.0 Å². The third-order valence-electron chi connectivity index (χ3n) is 4.72. The van der Waals surface area contributed by atoms with E-state index in [1.807, 2.05) is 6.92 Å². The highest BCUT2D eigenvalue weighted by Gasteiger charge is 2.33. The predicted octanol–water partition coefficient (Wildman–Crippen LogP) is 3.40. The van der Waals surface area contributed by atoms with Crippen molar-refractivity contribution < 1.29 is 26.0 Å². The maximum atomic E-state index is 13.2. The normalized spacial score (nSPS) is 13.2. The van der Waals surface area contributed by atoms with Crippen LogP contribution in [0.15, 0.2) is 75.1 Å². The van der Waals surface area contributed by atoms with Crippen LogP contribution in [0, 0.1) is 13.8 Å². The third-order valence-corrected chi connectivity index (χ3v) is 8.22. The second kappa shape index (κ2) is 8.63. The molecule has 0 aliphatic carbocycles. The molecule has 1 atom stereocenters. The first kappa shape index (κ1) is 22.1. The van der Waals surface area contributed by atoms with Crippen LogP contribution in [0.1, 0.15) is 22.1 Å². The molecule has 3 aromatic rings. The van der Waals surface area contributed by atoms with Crippen molar-refractivity contribution in [3.8, 4) is 5.75 Å². The highest BCUT2D eigenvalue weighted by molar-refractivity contribution is 7.92. The molecule has 9 heteroatoms. The fourth-order valence-electron chi connectivity index (χ4n) is 3.02. The van der Waals surface area contributed by atoms with Crippen LogP contribution in [-0.2, 0) is 19.9 Å². The van der Waals surface area contributed by atoms with Crippen molar-refractivity contribution in [2.45, 2.75) is 28.9 Å². The number of sulfonamides is 1. The monoisotopic (exact) mass is 449 g/mol. The van der Waals surface area contributed by atoms with Gasteiger partial charge in [-0.05, 0) is 61.9 Å². The Kier molecular flexibility index (Phi) is 6.35. The average Bonchev–Trinajstić information content (AvgIpc) is 3.22. The molecule has 1 N–H and O–H groups in total. The summed E-state index contributed by atoms with van der Waals surface area (Å²) in [5.74, 6) is 0.716. The number of methoxy groups -OCH3 is 1. The minimum Gasteiger partial charge on any atom is -0.496 e. The number of nitrogens with one attached hydrogen (secondary N) is 1. The van der Waals surface area contributed by atoms with Crippen LogP contribution in [0.5, 0.6) is 5.75 Å². The molecule has 1 aromatic heterocycles. The number of furan rings is 1. The Morgan fingerprint density at radius 3 is 2.20 bits per heavy atom. The number of aryl methyl sites for hydroxylation is 2. The van der Waals surface area contributed by atoms with Gasteiger partial charge >= 0.3 is 0 Å². The summed E-state index contributed by atoms with van der Waals surface area (Å²) in [6.07, 6.45) is 1.36. The summed E-state index contributed by atoms with van der Waals surface area (Å²) in [7, 11) is -6.36. The SMILES string of the molecule is COc1ccc(S(=O)(=O)NCC(c2ccco2)S(=O)(=O)c2ccc(C)cc2)cc1C. The Balaban J connectivity index is 1.91. The van der Waals surface area contributed by atoms with Crippen LogP contribution in [0.25, 0.3) is 0 Å². The molecule has 0 spiro atoms. The van der Waals surface area contributed by atoms with Gasteiger partial charge in [-0.1, -0.05) is 17.7 Å². The molecular formula is C21H23NO6S2. The first-order chi connectivity index (χ1) is 14.1. The lowest BCUT2D eigenvalue weighted by molar-refractivity contribution is 0.411. The maximum absolute atomic E-state index is 13.2. The fourth-order valence-corrected chi connectivity index (χ4v) is 5.84. The largest absolute Gasteiger partial charge is 0.496 e. The van der Waals surface area contributed by atoms with Crippen LogP contribution in [-0.4, -0.2) is 30.5 Å². The number of sulfone groups is 1. The fraction of sp³-hybridized carbons (Fsp3) is 0.238. The highest BCUT2D eigenvalue weighted by atomic mass is 32.2. The second-order valence-electron chi connectivity index (χ2n) is 6.85. The Labute approximate surface area is 176 Å². The Bertz CT molecular complexity index is 1220. The summed E-state index contributed by atoms with van der Waals surface area (Å²) in [5, 5.41) is -1.22. The van der Waals surface area contributed by atoms with E-state index in [1.54, 1.807) is 31.2 Å². The van der Waals surface area contributed by atoms with Gasteiger partial charge in [-0.25, -0.2) is 21.6 Å². The van der Waals surface area contributed by atoms with E-state index in [4.69, 9.17) is 9.15 Å². The van der Waals surface area contributed by atoms with E-state index in [-0.39, 0.29) is 22.1 Å². The first-order valence-corrected chi connectivity index (χ1v) is 12.2. The van der Waals surface area contributed by atoms with E-state index in [0.717, 1.165) is 5.56 Å². The van der Waals surface area contributed by atoms with E-state index in [9.17, 15) is 16.8 Å². The molecule has 1 unspecified atom stereocenters. The van der Waals surface area contributed by atoms with Gasteiger partial charge in [-0.2, -0.15) is 0 Å². The standard InChI is InChI=1S/C21H23NO6S2/c1-15-6-8-17(9-7-15)29(23,24)21(20-5-4-12-28-20)14-22-30(25,26)18-10-11-19(27-3)16(2)13-18/h4-13,21-22H,14H2,1-3H3. The molecule has 0 saturated heterocycles. The molecule has 160 valence electrons. The molecule has 0 aliphatic rings. The smallest absolute Gasteiger partial charge is 0.240 e. The summed E-state index contributed by atoms with van der Waals surface area (Å²) in [4.78, 5) is 0.112. The van der Waals surface area contributed by atoms with E-state index in [0.29, 0.717) is 11.3 Å². The quantitative estimate of drug-likeness (QED) is 0.565. The summed E-state index contributed by atoms with van der Waals surface area (Å²) >= 11 is 0. The van der Waals surface area contributed by atoms with E-state index >= 15 is 0 Å². The van der Waals surface area contributed by atoms with Gasteiger partial charge in [-0.15, -0.1) is 0 Å². The highest BCUT2D eigenvalue weighted by Crippen LogP contribution is 2.30. The van der Waals surface area contributed by atoms with E-state index in [2.05, 4.69) is 4.72 Å². The lowest BCUT2D eigenvalue weighted by atomic mass is 10.2. The minimum atomic E-state index is -3.95. The molecule has 0 aliphatic heterocycles. The molecule has 7 nitrogen and oxygen atoms in total. The van der Waals surface area contributed by atoms with Crippen molar-refractivity contribution >= 4 is 19.9 Å². The van der Waals surface area contributed by atoms with Crippen molar-refractivity contribution in [1.82, 2.24) is 4.72 Å². The number of benzene rings is 2. The van der Waals surface area contributed by atoms with Gasteiger partial charge < -0.3 is 9.15 Å². The van der Waals surface area contributed by atoms with Crippen molar-refractivity contribution in [3.05, 3.63) is 77.7 Å². The maximum Gasteiger partial charge on any atom is 0.240 e. The predicted molar refractivity (Wildman–Crippen MR) is 113 cm³/mol. The van der Waals surface area contributed by atoms with Gasteiger partial charge in [0.1, 0.15) is 16.8 Å². The zero-order chi connectivity index (χ0) is 21.9. The second-order valence-corrected chi connectivity index (χ2v) is 10.7. The molecule has 2 aromatic carbocycles. The first-order valence-electron chi connectivity index (χ1n) is 9.13. The van der Waals surface area contributed by atoms with Gasteiger partial charge in [-0.3, -0.25) is 0 Å². The van der Waals surface area contributed by atoms with Crippen LogP contribution in [0.4, 0.5) is 0 Å². The molecule has 3 rings (SSSR count). The van der Waals surface area contributed by atoms with Gasteiger partial charge in [0.15, 0.2) is 9.84 Å². The summed E-state index contributed by atoms with van der Waals surface area (Å²) in [6, 6.07) is 13.9. The molecule has 0 amide bonds. The molecule has 0 radical (unpaired) electrons. The number of hydrogen-bond acceptors (Lipinski definition) is 6. The van der Waals surface area contributed by atoms with Crippen LogP contribution in [0.3, 0.4) is 0 Å². The summed E-state index contributed by atoms with van der Waals surface area (Å²) in [6.45, 7) is 3.20.